The van der Waals surface area contributed by atoms with Crippen LogP contribution < -0.4 is 14.9 Å². The van der Waals surface area contributed by atoms with Gasteiger partial charge >= 0.3 is 11.8 Å². The number of sulfonamides is 1. The van der Waals surface area contributed by atoms with Crippen LogP contribution in [0.25, 0.3) is 0 Å². The molecule has 1 aliphatic carbocycles. The number of rotatable bonds is 3. The monoisotopic (exact) mass is 351 g/mol. The van der Waals surface area contributed by atoms with Crippen molar-refractivity contribution in [3.63, 3.8) is 0 Å². The molecule has 0 spiro atoms. The van der Waals surface area contributed by atoms with E-state index in [9.17, 15) is 18.0 Å². The van der Waals surface area contributed by atoms with E-state index in [0.717, 1.165) is 25.7 Å². The van der Waals surface area contributed by atoms with Crippen LogP contribution >= 0.6 is 0 Å². The Kier molecular flexibility index (Phi) is 4.75. The third kappa shape index (κ3) is 3.69. The van der Waals surface area contributed by atoms with Crippen LogP contribution in [-0.2, 0) is 19.6 Å². The van der Waals surface area contributed by atoms with Crippen molar-refractivity contribution in [2.45, 2.75) is 38.1 Å². The van der Waals surface area contributed by atoms with Crippen molar-refractivity contribution in [3.8, 4) is 0 Å². The molecule has 8 heteroatoms. The normalized spacial score (nSPS) is 20.1. The van der Waals surface area contributed by atoms with Gasteiger partial charge in [-0.3, -0.25) is 13.9 Å². The van der Waals surface area contributed by atoms with Gasteiger partial charge in [-0.25, -0.2) is 8.42 Å². The van der Waals surface area contributed by atoms with Crippen LogP contribution in [0, 0.1) is 0 Å². The molecule has 0 atom stereocenters. The fraction of sp³-hybridized carbons (Fsp3) is 0.500. The molecule has 1 aliphatic heterocycles. The predicted octanol–water partition coefficient (Wildman–Crippen LogP) is 1.22. The number of benzene rings is 1. The van der Waals surface area contributed by atoms with Crippen molar-refractivity contribution in [1.82, 2.24) is 5.32 Å². The summed E-state index contributed by atoms with van der Waals surface area (Å²) in [7, 11) is -3.28. The van der Waals surface area contributed by atoms with Crippen molar-refractivity contribution in [2.24, 2.45) is 0 Å². The van der Waals surface area contributed by atoms with Gasteiger partial charge in [0.15, 0.2) is 0 Å². The summed E-state index contributed by atoms with van der Waals surface area (Å²) in [5.41, 5.74) is 0.905. The molecular formula is C16H21N3O4S. The Hall–Kier alpha value is -2.09. The van der Waals surface area contributed by atoms with E-state index in [0.29, 0.717) is 24.3 Å². The minimum atomic E-state index is -3.28. The zero-order chi connectivity index (χ0) is 17.2. The highest BCUT2D eigenvalue weighted by atomic mass is 32.2. The van der Waals surface area contributed by atoms with Gasteiger partial charge in [-0.15, -0.1) is 0 Å². The van der Waals surface area contributed by atoms with E-state index in [-0.39, 0.29) is 11.8 Å². The van der Waals surface area contributed by atoms with Crippen molar-refractivity contribution < 1.29 is 18.0 Å². The number of hydrogen-bond acceptors (Lipinski definition) is 4. The Morgan fingerprint density at radius 2 is 1.83 bits per heavy atom. The number of carbonyl (C=O) groups excluding carboxylic acids is 2. The number of amides is 2. The Balaban J connectivity index is 1.66. The molecule has 7 nitrogen and oxygen atoms in total. The molecule has 0 aromatic heterocycles. The topological polar surface area (TPSA) is 95.6 Å². The summed E-state index contributed by atoms with van der Waals surface area (Å²) in [6.07, 6.45) is 4.53. The van der Waals surface area contributed by atoms with Crippen molar-refractivity contribution in [3.05, 3.63) is 24.3 Å². The van der Waals surface area contributed by atoms with E-state index < -0.39 is 21.8 Å². The first-order chi connectivity index (χ1) is 11.5. The highest BCUT2D eigenvalue weighted by Crippen LogP contribution is 2.26. The predicted molar refractivity (Wildman–Crippen MR) is 91.2 cm³/mol. The number of hydrogen-bond donors (Lipinski definition) is 2. The average molecular weight is 351 g/mol. The highest BCUT2D eigenvalue weighted by Gasteiger charge is 2.28. The van der Waals surface area contributed by atoms with Gasteiger partial charge in [-0.1, -0.05) is 18.9 Å². The molecule has 1 aromatic rings. The molecule has 1 saturated carbocycles. The van der Waals surface area contributed by atoms with E-state index in [1.807, 2.05) is 0 Å². The lowest BCUT2D eigenvalue weighted by atomic mass is 10.2. The Morgan fingerprint density at radius 1 is 1.08 bits per heavy atom. The maximum Gasteiger partial charge on any atom is 0.313 e. The number of anilines is 2. The zero-order valence-corrected chi connectivity index (χ0v) is 14.1. The minimum Gasteiger partial charge on any atom is -0.345 e. The molecule has 0 bridgehead atoms. The second-order valence-electron chi connectivity index (χ2n) is 6.20. The van der Waals surface area contributed by atoms with E-state index in [2.05, 4.69) is 10.6 Å². The first-order valence-corrected chi connectivity index (χ1v) is 9.79. The smallest absolute Gasteiger partial charge is 0.313 e. The van der Waals surface area contributed by atoms with Gasteiger partial charge in [0.1, 0.15) is 0 Å². The van der Waals surface area contributed by atoms with Crippen LogP contribution in [0.2, 0.25) is 0 Å². The lowest BCUT2D eigenvalue weighted by Crippen LogP contribution is -2.40. The molecule has 130 valence electrons. The van der Waals surface area contributed by atoms with Crippen LogP contribution in [0.3, 0.4) is 0 Å². The molecular weight excluding hydrogens is 330 g/mol. The van der Waals surface area contributed by atoms with Gasteiger partial charge < -0.3 is 10.6 Å². The third-order valence-corrected chi connectivity index (χ3v) is 6.26. The van der Waals surface area contributed by atoms with Crippen molar-refractivity contribution >= 4 is 33.2 Å². The first kappa shape index (κ1) is 16.8. The highest BCUT2D eigenvalue weighted by molar-refractivity contribution is 7.93. The maximum absolute atomic E-state index is 12.0. The van der Waals surface area contributed by atoms with Crippen molar-refractivity contribution in [1.29, 1.82) is 0 Å². The molecule has 2 N–H and O–H groups in total. The second-order valence-corrected chi connectivity index (χ2v) is 8.21. The van der Waals surface area contributed by atoms with Crippen LogP contribution in [0.4, 0.5) is 11.4 Å². The molecule has 1 heterocycles. The van der Waals surface area contributed by atoms with Gasteiger partial charge in [0.25, 0.3) is 0 Å². The molecule has 3 rings (SSSR count). The summed E-state index contributed by atoms with van der Waals surface area (Å²) in [5, 5.41) is 5.26. The molecule has 0 unspecified atom stereocenters. The van der Waals surface area contributed by atoms with Gasteiger partial charge in [0, 0.05) is 18.3 Å². The lowest BCUT2D eigenvalue weighted by Gasteiger charge is -2.18. The van der Waals surface area contributed by atoms with E-state index >= 15 is 0 Å². The SMILES string of the molecule is O=C(Nc1cccc(N2CCCS2(=O)=O)c1)C(=O)NC1CCCC1. The fourth-order valence-corrected chi connectivity index (χ4v) is 4.73. The molecule has 2 amide bonds. The maximum atomic E-state index is 12.0. The third-order valence-electron chi connectivity index (χ3n) is 4.39. The van der Waals surface area contributed by atoms with Crippen LogP contribution in [0.5, 0.6) is 0 Å². The standard InChI is InChI=1S/C16H21N3O4S/c20-15(17-12-5-1-2-6-12)16(21)18-13-7-3-8-14(11-13)19-9-4-10-24(19,22)23/h3,7-8,11-12H,1-2,4-6,9-10H2,(H,17,20)(H,18,21). The van der Waals surface area contributed by atoms with E-state index in [1.54, 1.807) is 24.3 Å². The first-order valence-electron chi connectivity index (χ1n) is 8.18. The summed E-state index contributed by atoms with van der Waals surface area (Å²) < 4.78 is 25.3. The Labute approximate surface area is 141 Å². The van der Waals surface area contributed by atoms with E-state index in [1.165, 1.54) is 4.31 Å². The largest absolute Gasteiger partial charge is 0.345 e. The van der Waals surface area contributed by atoms with Gasteiger partial charge in [0.2, 0.25) is 10.0 Å². The van der Waals surface area contributed by atoms with Gasteiger partial charge in [-0.05, 0) is 37.5 Å². The number of nitrogens with zero attached hydrogens (tertiary/aromatic N) is 1. The summed E-state index contributed by atoms with van der Waals surface area (Å²) in [4.78, 5) is 23.9. The van der Waals surface area contributed by atoms with E-state index in [4.69, 9.17) is 0 Å². The molecule has 0 radical (unpaired) electrons. The fourth-order valence-electron chi connectivity index (χ4n) is 3.18. The van der Waals surface area contributed by atoms with Gasteiger partial charge in [0.05, 0.1) is 11.4 Å². The van der Waals surface area contributed by atoms with Gasteiger partial charge in [-0.2, -0.15) is 0 Å². The molecule has 2 aliphatic rings. The minimum absolute atomic E-state index is 0.0735. The Bertz CT molecular complexity index is 741. The molecule has 1 aromatic carbocycles. The summed E-state index contributed by atoms with van der Waals surface area (Å²) >= 11 is 0. The van der Waals surface area contributed by atoms with Crippen LogP contribution in [-0.4, -0.2) is 38.6 Å². The lowest BCUT2D eigenvalue weighted by molar-refractivity contribution is -0.136. The van der Waals surface area contributed by atoms with Crippen LogP contribution in [0.1, 0.15) is 32.1 Å². The molecule has 2 fully saturated rings. The summed E-state index contributed by atoms with van der Waals surface area (Å²) in [6.45, 7) is 0.432. The molecule has 24 heavy (non-hydrogen) atoms. The summed E-state index contributed by atoms with van der Waals surface area (Å²) in [6, 6.07) is 6.62. The average Bonchev–Trinajstić information content (AvgIpc) is 3.16. The molecule has 1 saturated heterocycles. The summed E-state index contributed by atoms with van der Waals surface area (Å²) in [5.74, 6) is -1.25. The second kappa shape index (κ2) is 6.80. The number of carbonyl (C=O) groups is 2. The Morgan fingerprint density at radius 3 is 2.50 bits per heavy atom. The quantitative estimate of drug-likeness (QED) is 0.801. The van der Waals surface area contributed by atoms with Crippen LogP contribution in [0.15, 0.2) is 24.3 Å². The number of nitrogens with one attached hydrogen (secondary N) is 2. The van der Waals surface area contributed by atoms with Crippen molar-refractivity contribution in [2.75, 3.05) is 21.9 Å². The zero-order valence-electron chi connectivity index (χ0n) is 13.3.